The summed E-state index contributed by atoms with van der Waals surface area (Å²) in [6.45, 7) is 4.55. The third-order valence-corrected chi connectivity index (χ3v) is 9.49. The molecule has 2 unspecified atom stereocenters. The molecule has 0 bridgehead atoms. The van der Waals surface area contributed by atoms with E-state index in [1.54, 1.807) is 0 Å². The standard InChI is InChI=1S/C47H81NO7/c1-6-8-10-12-14-16-18-20-21-22-23-24-26-27-29-31-33-35-37-45(49)54-42-43(41-53-40-39-44(47(51)52)48(3,4)5)55-46(50)38-36-34-32-30-28-25-19-17-15-13-11-9-7-2/h9,11,13,15,17,19,21-24,43-44H,6-8,10,12,14,16,18,20,25-42H2,1-5H3/p+1/b11-9+,15-13+,19-17+,22-21+,24-23+. The maximum Gasteiger partial charge on any atom is 0.362 e. The molecule has 8 heteroatoms. The number of allylic oxidation sites excluding steroid dienone is 10. The van der Waals surface area contributed by atoms with Crippen LogP contribution in [0, 0.1) is 0 Å². The predicted molar refractivity (Wildman–Crippen MR) is 229 cm³/mol. The van der Waals surface area contributed by atoms with Crippen LogP contribution < -0.4 is 0 Å². The minimum Gasteiger partial charge on any atom is -0.477 e. The summed E-state index contributed by atoms with van der Waals surface area (Å²) in [5.74, 6) is -1.52. The number of quaternary nitrogens is 1. The lowest BCUT2D eigenvalue weighted by molar-refractivity contribution is -0.887. The Morgan fingerprint density at radius 1 is 0.564 bits per heavy atom. The van der Waals surface area contributed by atoms with Gasteiger partial charge in [-0.05, 0) is 57.8 Å². The molecule has 316 valence electrons. The average Bonchev–Trinajstić information content (AvgIpc) is 3.14. The van der Waals surface area contributed by atoms with Crippen LogP contribution in [0.4, 0.5) is 0 Å². The highest BCUT2D eigenvalue weighted by Gasteiger charge is 2.31. The highest BCUT2D eigenvalue weighted by atomic mass is 16.6. The molecule has 0 radical (unpaired) electrons. The van der Waals surface area contributed by atoms with Crippen LogP contribution in [0.3, 0.4) is 0 Å². The van der Waals surface area contributed by atoms with Crippen molar-refractivity contribution in [2.75, 3.05) is 41.0 Å². The molecule has 55 heavy (non-hydrogen) atoms. The number of carbonyl (C=O) groups is 3. The summed E-state index contributed by atoms with van der Waals surface area (Å²) in [5.41, 5.74) is 0. The molecule has 0 amide bonds. The number of carboxylic acid groups (broad SMARTS) is 1. The van der Waals surface area contributed by atoms with Crippen molar-refractivity contribution in [3.8, 4) is 0 Å². The third-order valence-electron chi connectivity index (χ3n) is 9.49. The Morgan fingerprint density at radius 3 is 1.51 bits per heavy atom. The SMILES string of the molecule is CC/C=C/C=C/C=C/CCCCCCCC(=O)OC(COCCC(C(=O)O)[N+](C)(C)C)COC(=O)CCCCCCC/C=C/C=C/CCCCCCCCC. The van der Waals surface area contributed by atoms with Gasteiger partial charge in [-0.15, -0.1) is 0 Å². The first-order chi connectivity index (χ1) is 26.6. The lowest BCUT2D eigenvalue weighted by Gasteiger charge is -2.31. The van der Waals surface area contributed by atoms with Gasteiger partial charge < -0.3 is 23.8 Å². The summed E-state index contributed by atoms with van der Waals surface area (Å²) < 4.78 is 17.2. The number of nitrogens with zero attached hydrogens (tertiary/aromatic N) is 1. The maximum atomic E-state index is 12.7. The van der Waals surface area contributed by atoms with Crippen molar-refractivity contribution in [1.29, 1.82) is 0 Å². The molecule has 0 saturated carbocycles. The summed E-state index contributed by atoms with van der Waals surface area (Å²) in [6.07, 6.45) is 45.5. The summed E-state index contributed by atoms with van der Waals surface area (Å²) in [4.78, 5) is 36.9. The highest BCUT2D eigenvalue weighted by molar-refractivity contribution is 5.72. The van der Waals surface area contributed by atoms with Crippen molar-refractivity contribution in [2.24, 2.45) is 0 Å². The van der Waals surface area contributed by atoms with Crippen molar-refractivity contribution in [3.63, 3.8) is 0 Å². The number of esters is 2. The van der Waals surface area contributed by atoms with Crippen LogP contribution in [0.1, 0.15) is 168 Å². The van der Waals surface area contributed by atoms with Gasteiger partial charge in [0.2, 0.25) is 0 Å². The van der Waals surface area contributed by atoms with Gasteiger partial charge in [0.25, 0.3) is 0 Å². The van der Waals surface area contributed by atoms with Crippen molar-refractivity contribution >= 4 is 17.9 Å². The van der Waals surface area contributed by atoms with E-state index < -0.39 is 18.1 Å². The molecule has 0 aliphatic carbocycles. The van der Waals surface area contributed by atoms with Gasteiger partial charge in [0.05, 0.1) is 34.4 Å². The number of rotatable bonds is 38. The van der Waals surface area contributed by atoms with E-state index in [0.717, 1.165) is 83.5 Å². The summed E-state index contributed by atoms with van der Waals surface area (Å²) in [7, 11) is 5.50. The fourth-order valence-electron chi connectivity index (χ4n) is 6.08. The van der Waals surface area contributed by atoms with Gasteiger partial charge in [0.1, 0.15) is 6.61 Å². The van der Waals surface area contributed by atoms with Crippen LogP contribution in [-0.4, -0.2) is 80.6 Å². The van der Waals surface area contributed by atoms with Gasteiger partial charge in [-0.2, -0.15) is 0 Å². The number of ether oxygens (including phenoxy) is 3. The van der Waals surface area contributed by atoms with Crippen LogP contribution in [0.2, 0.25) is 0 Å². The molecule has 0 saturated heterocycles. The Labute approximate surface area is 337 Å². The Hall–Kier alpha value is -2.97. The maximum absolute atomic E-state index is 12.7. The fourth-order valence-corrected chi connectivity index (χ4v) is 6.08. The molecular formula is C47H82NO7+. The summed E-state index contributed by atoms with van der Waals surface area (Å²) in [6, 6.07) is -0.623. The topological polar surface area (TPSA) is 99.1 Å². The Kier molecular flexibility index (Phi) is 35.9. The minimum atomic E-state index is -0.883. The Morgan fingerprint density at radius 2 is 1.02 bits per heavy atom. The lowest BCUT2D eigenvalue weighted by atomic mass is 10.1. The molecule has 0 aromatic heterocycles. The zero-order valence-corrected chi connectivity index (χ0v) is 35.9. The molecule has 0 spiro atoms. The number of unbranched alkanes of at least 4 members (excludes halogenated alkanes) is 17. The van der Waals surface area contributed by atoms with Crippen LogP contribution >= 0.6 is 0 Å². The molecule has 2 atom stereocenters. The normalized spacial score (nSPS) is 13.5. The van der Waals surface area contributed by atoms with Crippen molar-refractivity contribution in [1.82, 2.24) is 0 Å². The second-order valence-electron chi connectivity index (χ2n) is 15.7. The molecule has 1 N–H and O–H groups in total. The van der Waals surface area contributed by atoms with E-state index >= 15 is 0 Å². The number of carboxylic acids is 1. The van der Waals surface area contributed by atoms with Crippen LogP contribution in [0.5, 0.6) is 0 Å². The van der Waals surface area contributed by atoms with Gasteiger partial charge in [-0.25, -0.2) is 4.79 Å². The van der Waals surface area contributed by atoms with E-state index in [2.05, 4.69) is 68.5 Å². The molecule has 0 aromatic rings. The van der Waals surface area contributed by atoms with Crippen LogP contribution in [-0.2, 0) is 28.6 Å². The van der Waals surface area contributed by atoms with E-state index in [9.17, 15) is 19.5 Å². The summed E-state index contributed by atoms with van der Waals surface area (Å²) in [5, 5.41) is 9.61. The molecule has 0 fully saturated rings. The molecule has 0 rings (SSSR count). The molecule has 0 aromatic carbocycles. The third kappa shape index (κ3) is 36.4. The number of likely N-dealkylation sites (N-methyl/N-ethyl adjacent to an activating group) is 1. The van der Waals surface area contributed by atoms with Gasteiger partial charge in [-0.3, -0.25) is 9.59 Å². The van der Waals surface area contributed by atoms with E-state index in [0.29, 0.717) is 19.3 Å². The summed E-state index contributed by atoms with van der Waals surface area (Å²) >= 11 is 0. The number of aliphatic carboxylic acids is 1. The van der Waals surface area contributed by atoms with E-state index in [1.165, 1.54) is 51.4 Å². The number of hydrogen-bond acceptors (Lipinski definition) is 6. The minimum absolute atomic E-state index is 0.0452. The smallest absolute Gasteiger partial charge is 0.362 e. The van der Waals surface area contributed by atoms with E-state index in [-0.39, 0.29) is 36.2 Å². The average molecular weight is 773 g/mol. The second kappa shape index (κ2) is 37.9. The van der Waals surface area contributed by atoms with Crippen LogP contribution in [0.15, 0.2) is 60.8 Å². The number of hydrogen-bond donors (Lipinski definition) is 1. The second-order valence-corrected chi connectivity index (χ2v) is 15.7. The molecule has 0 aliphatic heterocycles. The fraction of sp³-hybridized carbons (Fsp3) is 0.723. The van der Waals surface area contributed by atoms with E-state index in [4.69, 9.17) is 14.2 Å². The molecule has 0 aliphatic rings. The first-order valence-electron chi connectivity index (χ1n) is 21.9. The largest absolute Gasteiger partial charge is 0.477 e. The zero-order valence-electron chi connectivity index (χ0n) is 35.9. The monoisotopic (exact) mass is 773 g/mol. The Bertz CT molecular complexity index is 1090. The highest BCUT2D eigenvalue weighted by Crippen LogP contribution is 2.13. The van der Waals surface area contributed by atoms with E-state index in [1.807, 2.05) is 27.2 Å². The molecule has 0 heterocycles. The van der Waals surface area contributed by atoms with Crippen LogP contribution in [0.25, 0.3) is 0 Å². The first-order valence-corrected chi connectivity index (χ1v) is 21.9. The van der Waals surface area contributed by atoms with Crippen molar-refractivity contribution in [2.45, 2.75) is 180 Å². The Balaban J connectivity index is 4.39. The van der Waals surface area contributed by atoms with Gasteiger partial charge >= 0.3 is 17.9 Å². The number of carbonyl (C=O) groups excluding carboxylic acids is 2. The lowest BCUT2D eigenvalue weighted by Crippen LogP contribution is -2.50. The van der Waals surface area contributed by atoms with Gasteiger partial charge in [0.15, 0.2) is 12.1 Å². The van der Waals surface area contributed by atoms with Crippen molar-refractivity contribution in [3.05, 3.63) is 60.8 Å². The van der Waals surface area contributed by atoms with Crippen molar-refractivity contribution < 1.29 is 38.2 Å². The zero-order chi connectivity index (χ0) is 40.7. The molecule has 8 nitrogen and oxygen atoms in total. The first kappa shape index (κ1) is 52.0. The van der Waals surface area contributed by atoms with Gasteiger partial charge in [-0.1, -0.05) is 152 Å². The van der Waals surface area contributed by atoms with Gasteiger partial charge in [0, 0.05) is 19.3 Å². The predicted octanol–water partition coefficient (Wildman–Crippen LogP) is 11.8. The molecular weight excluding hydrogens is 691 g/mol. The quantitative estimate of drug-likeness (QED) is 0.0289.